The van der Waals surface area contributed by atoms with E-state index in [1.54, 1.807) is 4.68 Å². The summed E-state index contributed by atoms with van der Waals surface area (Å²) in [5.41, 5.74) is 7.00. The van der Waals surface area contributed by atoms with Gasteiger partial charge in [-0.25, -0.2) is 0 Å². The smallest absolute Gasteiger partial charge is 0.0522 e. The zero-order valence-corrected chi connectivity index (χ0v) is 7.40. The number of aromatic nitrogens is 2. The molecule has 1 aromatic heterocycles. The average Bonchev–Trinajstić information content (AvgIpc) is 2.36. The SMILES string of the molecule is C=CCC(N)Cc1cnn(C)c1. The zero-order chi connectivity index (χ0) is 8.97. The van der Waals surface area contributed by atoms with Crippen molar-refractivity contribution in [2.24, 2.45) is 12.8 Å². The summed E-state index contributed by atoms with van der Waals surface area (Å²) in [6.45, 7) is 3.65. The lowest BCUT2D eigenvalue weighted by atomic mass is 10.1. The molecule has 0 spiro atoms. The first-order chi connectivity index (χ1) is 5.72. The minimum atomic E-state index is 0.173. The quantitative estimate of drug-likeness (QED) is 0.673. The van der Waals surface area contributed by atoms with Crippen LogP contribution in [0.5, 0.6) is 0 Å². The summed E-state index contributed by atoms with van der Waals surface area (Å²) in [6, 6.07) is 0.173. The van der Waals surface area contributed by atoms with Gasteiger partial charge in [-0.1, -0.05) is 6.08 Å². The van der Waals surface area contributed by atoms with Crippen LogP contribution in [0.2, 0.25) is 0 Å². The highest BCUT2D eigenvalue weighted by Crippen LogP contribution is 2.02. The van der Waals surface area contributed by atoms with Gasteiger partial charge in [0.2, 0.25) is 0 Å². The summed E-state index contributed by atoms with van der Waals surface area (Å²) in [5, 5.41) is 4.07. The standard InChI is InChI=1S/C9H15N3/c1-3-4-9(10)5-8-6-11-12(2)7-8/h3,6-7,9H,1,4-5,10H2,2H3. The van der Waals surface area contributed by atoms with E-state index < -0.39 is 0 Å². The first-order valence-electron chi connectivity index (χ1n) is 4.06. The molecule has 3 heteroatoms. The van der Waals surface area contributed by atoms with E-state index in [4.69, 9.17) is 5.73 Å². The summed E-state index contributed by atoms with van der Waals surface area (Å²) in [4.78, 5) is 0. The average molecular weight is 165 g/mol. The van der Waals surface area contributed by atoms with Crippen molar-refractivity contribution in [3.63, 3.8) is 0 Å². The van der Waals surface area contributed by atoms with Crippen LogP contribution in [0.1, 0.15) is 12.0 Å². The Morgan fingerprint density at radius 2 is 2.58 bits per heavy atom. The maximum absolute atomic E-state index is 5.82. The second-order valence-electron chi connectivity index (χ2n) is 3.01. The lowest BCUT2D eigenvalue weighted by Gasteiger charge is -2.05. The van der Waals surface area contributed by atoms with Crippen LogP contribution in [0.25, 0.3) is 0 Å². The Morgan fingerprint density at radius 3 is 3.08 bits per heavy atom. The fourth-order valence-corrected chi connectivity index (χ4v) is 1.18. The summed E-state index contributed by atoms with van der Waals surface area (Å²) in [5.74, 6) is 0. The van der Waals surface area contributed by atoms with Crippen molar-refractivity contribution in [3.8, 4) is 0 Å². The molecule has 1 heterocycles. The molecule has 0 aliphatic carbocycles. The Bertz CT molecular complexity index is 252. The molecule has 1 aromatic rings. The van der Waals surface area contributed by atoms with Crippen molar-refractivity contribution in [2.75, 3.05) is 0 Å². The summed E-state index contributed by atoms with van der Waals surface area (Å²) >= 11 is 0. The van der Waals surface area contributed by atoms with Gasteiger partial charge in [-0.15, -0.1) is 6.58 Å². The Hall–Kier alpha value is -1.09. The third-order valence-corrected chi connectivity index (χ3v) is 1.73. The second-order valence-corrected chi connectivity index (χ2v) is 3.01. The van der Waals surface area contributed by atoms with Crippen molar-refractivity contribution in [3.05, 3.63) is 30.6 Å². The molecule has 0 saturated carbocycles. The molecule has 3 nitrogen and oxygen atoms in total. The van der Waals surface area contributed by atoms with Crippen LogP contribution in [-0.2, 0) is 13.5 Å². The van der Waals surface area contributed by atoms with Gasteiger partial charge in [-0.2, -0.15) is 5.10 Å². The van der Waals surface area contributed by atoms with Crippen molar-refractivity contribution < 1.29 is 0 Å². The molecule has 66 valence electrons. The summed E-state index contributed by atoms with van der Waals surface area (Å²) in [6.07, 6.45) is 7.42. The van der Waals surface area contributed by atoms with Crippen LogP contribution >= 0.6 is 0 Å². The van der Waals surface area contributed by atoms with Gasteiger partial charge >= 0.3 is 0 Å². The van der Waals surface area contributed by atoms with E-state index in [2.05, 4.69) is 11.7 Å². The predicted octanol–water partition coefficient (Wildman–Crippen LogP) is 0.866. The molecule has 1 rings (SSSR count). The monoisotopic (exact) mass is 165 g/mol. The molecule has 0 aromatic carbocycles. The molecule has 0 radical (unpaired) electrons. The van der Waals surface area contributed by atoms with E-state index in [-0.39, 0.29) is 6.04 Å². The number of aryl methyl sites for hydroxylation is 1. The van der Waals surface area contributed by atoms with Gasteiger partial charge < -0.3 is 5.73 Å². The Balaban J connectivity index is 2.46. The molecule has 0 fully saturated rings. The van der Waals surface area contributed by atoms with Gasteiger partial charge in [-0.3, -0.25) is 4.68 Å². The molecular weight excluding hydrogens is 150 g/mol. The number of rotatable bonds is 4. The van der Waals surface area contributed by atoms with Crippen molar-refractivity contribution in [1.82, 2.24) is 9.78 Å². The van der Waals surface area contributed by atoms with E-state index >= 15 is 0 Å². The van der Waals surface area contributed by atoms with Gasteiger partial charge in [0, 0.05) is 19.3 Å². The largest absolute Gasteiger partial charge is 0.327 e. The first kappa shape index (κ1) is 9.00. The van der Waals surface area contributed by atoms with Crippen LogP contribution < -0.4 is 5.73 Å². The normalized spacial score (nSPS) is 12.8. The van der Waals surface area contributed by atoms with Crippen LogP contribution in [-0.4, -0.2) is 15.8 Å². The van der Waals surface area contributed by atoms with Gasteiger partial charge in [0.05, 0.1) is 6.20 Å². The van der Waals surface area contributed by atoms with Gasteiger partial charge in [0.25, 0.3) is 0 Å². The van der Waals surface area contributed by atoms with Crippen molar-refractivity contribution in [1.29, 1.82) is 0 Å². The van der Waals surface area contributed by atoms with Crippen molar-refractivity contribution in [2.45, 2.75) is 18.9 Å². The maximum atomic E-state index is 5.82. The molecule has 2 N–H and O–H groups in total. The molecule has 1 atom stereocenters. The van der Waals surface area contributed by atoms with Crippen LogP contribution in [0, 0.1) is 0 Å². The number of nitrogens with two attached hydrogens (primary N) is 1. The molecular formula is C9H15N3. The van der Waals surface area contributed by atoms with Gasteiger partial charge in [-0.05, 0) is 18.4 Å². The van der Waals surface area contributed by atoms with E-state index in [0.717, 1.165) is 12.8 Å². The van der Waals surface area contributed by atoms with E-state index in [9.17, 15) is 0 Å². The molecule has 0 bridgehead atoms. The minimum Gasteiger partial charge on any atom is -0.327 e. The number of hydrogen-bond donors (Lipinski definition) is 1. The Morgan fingerprint density at radius 1 is 1.83 bits per heavy atom. The molecule has 0 amide bonds. The van der Waals surface area contributed by atoms with Crippen molar-refractivity contribution >= 4 is 0 Å². The minimum absolute atomic E-state index is 0.173. The maximum Gasteiger partial charge on any atom is 0.0522 e. The van der Waals surface area contributed by atoms with E-state index in [1.165, 1.54) is 5.56 Å². The lowest BCUT2D eigenvalue weighted by molar-refractivity contribution is 0.678. The lowest BCUT2D eigenvalue weighted by Crippen LogP contribution is -2.21. The molecule has 0 saturated heterocycles. The van der Waals surface area contributed by atoms with Crippen LogP contribution in [0.15, 0.2) is 25.0 Å². The van der Waals surface area contributed by atoms with Gasteiger partial charge in [0.1, 0.15) is 0 Å². The molecule has 1 unspecified atom stereocenters. The highest BCUT2D eigenvalue weighted by Gasteiger charge is 2.02. The first-order valence-corrected chi connectivity index (χ1v) is 4.06. The molecule has 0 aliphatic heterocycles. The number of hydrogen-bond acceptors (Lipinski definition) is 2. The zero-order valence-electron chi connectivity index (χ0n) is 7.40. The summed E-state index contributed by atoms with van der Waals surface area (Å²) < 4.78 is 1.79. The van der Waals surface area contributed by atoms with Crippen LogP contribution in [0.3, 0.4) is 0 Å². The topological polar surface area (TPSA) is 43.8 Å². The highest BCUT2D eigenvalue weighted by molar-refractivity contribution is 5.06. The predicted molar refractivity (Wildman–Crippen MR) is 49.7 cm³/mol. The third kappa shape index (κ3) is 2.51. The Labute approximate surface area is 72.9 Å². The molecule has 12 heavy (non-hydrogen) atoms. The summed E-state index contributed by atoms with van der Waals surface area (Å²) in [7, 11) is 1.91. The van der Waals surface area contributed by atoms with Crippen LogP contribution in [0.4, 0.5) is 0 Å². The van der Waals surface area contributed by atoms with E-state index in [1.807, 2.05) is 25.5 Å². The third-order valence-electron chi connectivity index (χ3n) is 1.73. The van der Waals surface area contributed by atoms with E-state index in [0.29, 0.717) is 0 Å². The van der Waals surface area contributed by atoms with Gasteiger partial charge in [0.15, 0.2) is 0 Å². The fraction of sp³-hybridized carbons (Fsp3) is 0.444. The number of nitrogens with zero attached hydrogens (tertiary/aromatic N) is 2. The molecule has 0 aliphatic rings. The second kappa shape index (κ2) is 4.07. The fourth-order valence-electron chi connectivity index (χ4n) is 1.18. The highest BCUT2D eigenvalue weighted by atomic mass is 15.2. The Kier molecular flexibility index (Phi) is 3.05.